The number of nitrogens with zero attached hydrogens (tertiary/aromatic N) is 4. The third kappa shape index (κ3) is 7.38. The first-order valence-corrected chi connectivity index (χ1v) is 12.8. The van der Waals surface area contributed by atoms with Crippen molar-refractivity contribution >= 4 is 59.8 Å². The molecule has 0 bridgehead atoms. The summed E-state index contributed by atoms with van der Waals surface area (Å²) in [6, 6.07) is 8.38. The second-order valence-electron chi connectivity index (χ2n) is 10.2. The van der Waals surface area contributed by atoms with Gasteiger partial charge in [-0.05, 0) is 64.7 Å². The van der Waals surface area contributed by atoms with Gasteiger partial charge in [0.05, 0.1) is 11.1 Å². The summed E-state index contributed by atoms with van der Waals surface area (Å²) < 4.78 is 0. The topological polar surface area (TPSA) is 65.7 Å². The molecule has 1 saturated heterocycles. The molecule has 0 unspecified atom stereocenters. The number of para-hydroxylation sites is 1. The van der Waals surface area contributed by atoms with E-state index in [1.165, 1.54) is 25.7 Å². The molecule has 4 rings (SSSR count). The average Bonchev–Trinajstić information content (AvgIpc) is 2.86. The maximum absolute atomic E-state index is 13.9. The lowest BCUT2D eigenvalue weighted by Gasteiger charge is -2.36. The van der Waals surface area contributed by atoms with Crippen LogP contribution in [0.4, 0.5) is 5.82 Å². The smallest absolute Gasteiger partial charge is 0.255 e. The van der Waals surface area contributed by atoms with Crippen LogP contribution in [-0.4, -0.2) is 67.5 Å². The number of nitrogens with two attached hydrogens (primary N) is 1. The van der Waals surface area contributed by atoms with Gasteiger partial charge >= 0.3 is 0 Å². The number of pyridine rings is 1. The summed E-state index contributed by atoms with van der Waals surface area (Å²) in [4.78, 5) is 25.6. The summed E-state index contributed by atoms with van der Waals surface area (Å²) in [5, 5.41) is 0.926. The van der Waals surface area contributed by atoms with E-state index in [4.69, 9.17) is 10.7 Å². The first-order valence-electron chi connectivity index (χ1n) is 12.8. The number of halogens is 3. The van der Waals surface area contributed by atoms with E-state index < -0.39 is 0 Å². The maximum atomic E-state index is 13.9. The predicted octanol–water partition coefficient (Wildman–Crippen LogP) is 5.53. The molecule has 1 aliphatic carbocycles. The van der Waals surface area contributed by atoms with Crippen molar-refractivity contribution < 1.29 is 4.79 Å². The Morgan fingerprint density at radius 1 is 1.00 bits per heavy atom. The largest absolute Gasteiger partial charge is 0.356 e. The fraction of sp³-hybridized carbons (Fsp3) is 0.630. The van der Waals surface area contributed by atoms with E-state index in [1.807, 2.05) is 36.2 Å². The van der Waals surface area contributed by atoms with Gasteiger partial charge in [0.2, 0.25) is 0 Å². The minimum absolute atomic E-state index is 0. The Labute approximate surface area is 235 Å². The van der Waals surface area contributed by atoms with Crippen molar-refractivity contribution in [3.8, 4) is 0 Å². The lowest BCUT2D eigenvalue weighted by atomic mass is 9.92. The maximum Gasteiger partial charge on any atom is 0.255 e. The molecule has 1 amide bonds. The zero-order chi connectivity index (χ0) is 23.4. The van der Waals surface area contributed by atoms with E-state index >= 15 is 0 Å². The van der Waals surface area contributed by atoms with Crippen molar-refractivity contribution in [2.24, 2.45) is 11.7 Å². The van der Waals surface area contributed by atoms with E-state index in [9.17, 15) is 4.79 Å². The van der Waals surface area contributed by atoms with E-state index in [-0.39, 0.29) is 43.1 Å². The average molecular weight is 561 g/mol. The summed E-state index contributed by atoms with van der Waals surface area (Å²) >= 11 is 0. The van der Waals surface area contributed by atoms with Gasteiger partial charge in [-0.25, -0.2) is 4.98 Å². The van der Waals surface area contributed by atoms with Gasteiger partial charge in [0.15, 0.2) is 0 Å². The van der Waals surface area contributed by atoms with Crippen molar-refractivity contribution in [1.82, 2.24) is 14.8 Å². The Hall–Kier alpha value is -1.31. The normalized spacial score (nSPS) is 16.8. The lowest BCUT2D eigenvalue weighted by molar-refractivity contribution is 0.0697. The number of aromatic nitrogens is 1. The fourth-order valence-electron chi connectivity index (χ4n) is 5.62. The van der Waals surface area contributed by atoms with Gasteiger partial charge in [0.1, 0.15) is 5.82 Å². The molecular formula is C27H44Cl3N5O. The lowest BCUT2D eigenvalue weighted by Crippen LogP contribution is -2.40. The summed E-state index contributed by atoms with van der Waals surface area (Å²) in [7, 11) is 6.26. The van der Waals surface area contributed by atoms with E-state index in [2.05, 4.69) is 23.9 Å². The summed E-state index contributed by atoms with van der Waals surface area (Å²) in [6.07, 6.45) is 9.45. The fourth-order valence-corrected chi connectivity index (χ4v) is 5.62. The van der Waals surface area contributed by atoms with Crippen LogP contribution in [0.1, 0.15) is 67.3 Å². The van der Waals surface area contributed by atoms with Crippen LogP contribution in [-0.2, 0) is 6.54 Å². The molecule has 1 aromatic carbocycles. The van der Waals surface area contributed by atoms with Crippen LogP contribution in [0.3, 0.4) is 0 Å². The minimum atomic E-state index is 0. The molecule has 1 aromatic heterocycles. The van der Waals surface area contributed by atoms with Crippen LogP contribution in [0.25, 0.3) is 10.9 Å². The molecule has 0 radical (unpaired) electrons. The number of amides is 1. The number of carbonyl (C=O) groups excluding carboxylic acids is 1. The number of piperidine rings is 1. The molecule has 2 aromatic rings. The molecule has 2 fully saturated rings. The van der Waals surface area contributed by atoms with Crippen molar-refractivity contribution in [2.45, 2.75) is 64.0 Å². The Kier molecular flexibility index (Phi) is 13.8. The van der Waals surface area contributed by atoms with Gasteiger partial charge in [-0.1, -0.05) is 37.5 Å². The molecule has 2 aliphatic rings. The van der Waals surface area contributed by atoms with Gasteiger partial charge < -0.3 is 20.4 Å². The number of fused-ring (bicyclic) bond motifs is 1. The number of anilines is 1. The van der Waals surface area contributed by atoms with Gasteiger partial charge in [0.25, 0.3) is 5.91 Å². The molecular weight excluding hydrogens is 517 g/mol. The number of hydrogen-bond acceptors (Lipinski definition) is 5. The highest BCUT2D eigenvalue weighted by atomic mass is 35.5. The second-order valence-corrected chi connectivity index (χ2v) is 10.2. The molecule has 0 atom stereocenters. The number of hydrogen-bond donors (Lipinski definition) is 1. The molecule has 2 heterocycles. The molecule has 0 spiro atoms. The zero-order valence-corrected chi connectivity index (χ0v) is 24.4. The first kappa shape index (κ1) is 32.7. The predicted molar refractivity (Wildman–Crippen MR) is 158 cm³/mol. The minimum Gasteiger partial charge on any atom is -0.356 e. The quantitative estimate of drug-likeness (QED) is 0.482. The highest BCUT2D eigenvalue weighted by molar-refractivity contribution is 6.08. The van der Waals surface area contributed by atoms with Crippen molar-refractivity contribution in [1.29, 1.82) is 0 Å². The molecule has 6 nitrogen and oxygen atoms in total. The molecule has 1 aliphatic heterocycles. The van der Waals surface area contributed by atoms with Gasteiger partial charge in [0, 0.05) is 43.7 Å². The Morgan fingerprint density at radius 2 is 1.64 bits per heavy atom. The summed E-state index contributed by atoms with van der Waals surface area (Å²) in [6.45, 7) is 3.41. The van der Waals surface area contributed by atoms with E-state index in [0.29, 0.717) is 12.6 Å². The Bertz CT molecular complexity index is 960. The van der Waals surface area contributed by atoms with Crippen LogP contribution >= 0.6 is 37.2 Å². The summed E-state index contributed by atoms with van der Waals surface area (Å²) in [5.74, 6) is 1.77. The molecule has 2 N–H and O–H groups in total. The number of carbonyl (C=O) groups is 1. The highest BCUT2D eigenvalue weighted by Gasteiger charge is 2.30. The van der Waals surface area contributed by atoms with Crippen molar-refractivity contribution in [2.75, 3.05) is 45.7 Å². The van der Waals surface area contributed by atoms with Crippen LogP contribution in [0.5, 0.6) is 0 Å². The Balaban J connectivity index is 0.00000216. The molecule has 204 valence electrons. The molecule has 9 heteroatoms. The highest BCUT2D eigenvalue weighted by Crippen LogP contribution is 2.34. The van der Waals surface area contributed by atoms with E-state index in [1.54, 1.807) is 0 Å². The monoisotopic (exact) mass is 559 g/mol. The third-order valence-corrected chi connectivity index (χ3v) is 7.73. The van der Waals surface area contributed by atoms with Gasteiger partial charge in [-0.2, -0.15) is 0 Å². The number of benzene rings is 1. The van der Waals surface area contributed by atoms with Crippen molar-refractivity contribution in [3.05, 3.63) is 35.4 Å². The van der Waals surface area contributed by atoms with Crippen LogP contribution < -0.4 is 10.6 Å². The second kappa shape index (κ2) is 15.2. The van der Waals surface area contributed by atoms with E-state index in [0.717, 1.165) is 79.1 Å². The SMILES string of the molecule is CN(C)CCC1CCN(c2nc3ccccc3c(C(=O)N(C)C3CCCCC3)c2CN)CC1.Cl.Cl.Cl. The first-order chi connectivity index (χ1) is 16.0. The van der Waals surface area contributed by atoms with Gasteiger partial charge in [-0.3, -0.25) is 4.79 Å². The zero-order valence-electron chi connectivity index (χ0n) is 21.9. The molecule has 36 heavy (non-hydrogen) atoms. The van der Waals surface area contributed by atoms with Crippen LogP contribution in [0, 0.1) is 5.92 Å². The Morgan fingerprint density at radius 3 is 2.25 bits per heavy atom. The van der Waals surface area contributed by atoms with Crippen LogP contribution in [0.15, 0.2) is 24.3 Å². The van der Waals surface area contributed by atoms with Crippen molar-refractivity contribution in [3.63, 3.8) is 0 Å². The number of rotatable bonds is 7. The standard InChI is InChI=1S/C27H41N5O.3ClH/c1-30(2)16-13-20-14-17-32(18-15-20)26-23(19-28)25(22-11-7-8-12-24(22)29-26)27(33)31(3)21-9-5-4-6-10-21;;;/h7-8,11-12,20-21H,4-6,9-10,13-19,28H2,1-3H3;3*1H. The van der Waals surface area contributed by atoms with Gasteiger partial charge in [-0.15, -0.1) is 37.2 Å². The molecule has 1 saturated carbocycles. The third-order valence-electron chi connectivity index (χ3n) is 7.73. The summed E-state index contributed by atoms with van der Waals surface area (Å²) in [5.41, 5.74) is 8.89. The van der Waals surface area contributed by atoms with Crippen LogP contribution in [0.2, 0.25) is 0 Å².